The smallest absolute Gasteiger partial charge is 0.326 e. The lowest BCUT2D eigenvalue weighted by Crippen LogP contribution is -2.35. The number of benzene rings is 1. The number of nitrogens with zero attached hydrogens (tertiary/aromatic N) is 1. The maximum Gasteiger partial charge on any atom is 0.326 e. The molecule has 19 heavy (non-hydrogen) atoms. The zero-order chi connectivity index (χ0) is 14.2. The molecule has 1 heterocycles. The van der Waals surface area contributed by atoms with Gasteiger partial charge in [-0.3, -0.25) is 9.59 Å². The number of carbonyl (C=O) groups excluding carboxylic acids is 2. The largest absolute Gasteiger partial charge is 0.459 e. The van der Waals surface area contributed by atoms with E-state index in [1.54, 1.807) is 0 Å². The molecule has 2 rings (SSSR count). The summed E-state index contributed by atoms with van der Waals surface area (Å²) in [5.41, 5.74) is 2.19. The summed E-state index contributed by atoms with van der Waals surface area (Å²) in [5, 5.41) is 0. The van der Waals surface area contributed by atoms with Crippen LogP contribution in [-0.2, 0) is 16.1 Å². The highest BCUT2D eigenvalue weighted by Gasteiger charge is 2.30. The monoisotopic (exact) mass is 261 g/mol. The molecular formula is C15H19NO3. The van der Waals surface area contributed by atoms with E-state index < -0.39 is 5.60 Å². The number of hydrogen-bond acceptors (Lipinski definition) is 3. The van der Waals surface area contributed by atoms with Crippen LogP contribution in [0.5, 0.6) is 0 Å². The molecule has 4 nitrogen and oxygen atoms in total. The lowest BCUT2D eigenvalue weighted by Gasteiger charge is -2.22. The van der Waals surface area contributed by atoms with E-state index in [2.05, 4.69) is 0 Å². The molecule has 1 aliphatic heterocycles. The SMILES string of the molecule is Cc1ccc2c(c1)C(=O)N(CC(=O)OC(C)(C)C)C2. The molecule has 0 aromatic heterocycles. The molecule has 0 spiro atoms. The Labute approximate surface area is 113 Å². The number of amides is 1. The summed E-state index contributed by atoms with van der Waals surface area (Å²) in [4.78, 5) is 25.5. The molecule has 1 aromatic carbocycles. The molecule has 0 fully saturated rings. The second-order valence-corrected chi connectivity index (χ2v) is 5.91. The van der Waals surface area contributed by atoms with Crippen LogP contribution in [-0.4, -0.2) is 28.9 Å². The van der Waals surface area contributed by atoms with Crippen LogP contribution in [0.3, 0.4) is 0 Å². The molecule has 0 N–H and O–H groups in total. The van der Waals surface area contributed by atoms with E-state index in [0.717, 1.165) is 11.1 Å². The zero-order valence-electron chi connectivity index (χ0n) is 11.8. The van der Waals surface area contributed by atoms with E-state index in [0.29, 0.717) is 12.1 Å². The van der Waals surface area contributed by atoms with Crippen LogP contribution in [0.4, 0.5) is 0 Å². The van der Waals surface area contributed by atoms with Crippen LogP contribution in [0.2, 0.25) is 0 Å². The van der Waals surface area contributed by atoms with Crippen LogP contribution in [0.15, 0.2) is 18.2 Å². The average molecular weight is 261 g/mol. The Morgan fingerprint density at radius 3 is 2.68 bits per heavy atom. The summed E-state index contributed by atoms with van der Waals surface area (Å²) in [6.07, 6.45) is 0. The molecule has 4 heteroatoms. The first-order valence-electron chi connectivity index (χ1n) is 6.37. The summed E-state index contributed by atoms with van der Waals surface area (Å²) in [6.45, 7) is 7.88. The molecule has 0 saturated heterocycles. The Morgan fingerprint density at radius 1 is 1.37 bits per heavy atom. The van der Waals surface area contributed by atoms with Gasteiger partial charge in [-0.2, -0.15) is 0 Å². The van der Waals surface area contributed by atoms with Gasteiger partial charge in [-0.1, -0.05) is 17.7 Å². The molecule has 0 aliphatic carbocycles. The molecule has 102 valence electrons. The number of aryl methyl sites for hydroxylation is 1. The third-order valence-corrected chi connectivity index (χ3v) is 2.88. The van der Waals surface area contributed by atoms with Crippen LogP contribution < -0.4 is 0 Å². The van der Waals surface area contributed by atoms with E-state index in [1.165, 1.54) is 4.90 Å². The number of hydrogen-bond donors (Lipinski definition) is 0. The Bertz CT molecular complexity index is 529. The van der Waals surface area contributed by atoms with Crippen molar-refractivity contribution in [3.63, 3.8) is 0 Å². The van der Waals surface area contributed by atoms with Gasteiger partial charge in [-0.05, 0) is 39.3 Å². The summed E-state index contributed by atoms with van der Waals surface area (Å²) in [6, 6.07) is 5.79. The van der Waals surface area contributed by atoms with Gasteiger partial charge in [0.15, 0.2) is 0 Å². The summed E-state index contributed by atoms with van der Waals surface area (Å²) >= 11 is 0. The Balaban J connectivity index is 2.06. The van der Waals surface area contributed by atoms with Crippen molar-refractivity contribution in [1.82, 2.24) is 4.90 Å². The number of fused-ring (bicyclic) bond motifs is 1. The predicted octanol–water partition coefficient (Wildman–Crippen LogP) is 2.29. The van der Waals surface area contributed by atoms with Gasteiger partial charge in [0.1, 0.15) is 12.1 Å². The molecule has 0 radical (unpaired) electrons. The van der Waals surface area contributed by atoms with Crippen molar-refractivity contribution in [2.75, 3.05) is 6.54 Å². The van der Waals surface area contributed by atoms with Crippen LogP contribution >= 0.6 is 0 Å². The lowest BCUT2D eigenvalue weighted by atomic mass is 10.1. The van der Waals surface area contributed by atoms with Crippen molar-refractivity contribution in [3.8, 4) is 0 Å². The van der Waals surface area contributed by atoms with Gasteiger partial charge in [-0.15, -0.1) is 0 Å². The predicted molar refractivity (Wildman–Crippen MR) is 71.8 cm³/mol. The second kappa shape index (κ2) is 4.68. The van der Waals surface area contributed by atoms with Gasteiger partial charge in [0.25, 0.3) is 5.91 Å². The standard InChI is InChI=1S/C15H19NO3/c1-10-5-6-11-8-16(14(18)12(11)7-10)9-13(17)19-15(2,3)4/h5-7H,8-9H2,1-4H3. The molecule has 1 aliphatic rings. The van der Waals surface area contributed by atoms with Gasteiger partial charge in [0.2, 0.25) is 0 Å². The van der Waals surface area contributed by atoms with E-state index in [1.807, 2.05) is 45.9 Å². The molecule has 1 amide bonds. The minimum atomic E-state index is -0.525. The third kappa shape index (κ3) is 3.13. The molecule has 0 unspecified atom stereocenters. The summed E-state index contributed by atoms with van der Waals surface area (Å²) in [7, 11) is 0. The minimum Gasteiger partial charge on any atom is -0.459 e. The van der Waals surface area contributed by atoms with Crippen molar-refractivity contribution in [3.05, 3.63) is 34.9 Å². The van der Waals surface area contributed by atoms with E-state index in [4.69, 9.17) is 4.74 Å². The first kappa shape index (κ1) is 13.6. The normalized spacial score (nSPS) is 14.5. The van der Waals surface area contributed by atoms with Crippen LogP contribution in [0.25, 0.3) is 0 Å². The fraction of sp³-hybridized carbons (Fsp3) is 0.467. The number of carbonyl (C=O) groups is 2. The topological polar surface area (TPSA) is 46.6 Å². The maximum atomic E-state index is 12.2. The zero-order valence-corrected chi connectivity index (χ0v) is 11.8. The first-order valence-corrected chi connectivity index (χ1v) is 6.37. The van der Waals surface area contributed by atoms with Crippen molar-refractivity contribution in [1.29, 1.82) is 0 Å². The highest BCUT2D eigenvalue weighted by molar-refractivity contribution is 6.00. The van der Waals surface area contributed by atoms with Gasteiger partial charge in [-0.25, -0.2) is 0 Å². The van der Waals surface area contributed by atoms with Gasteiger partial charge in [0.05, 0.1) is 0 Å². The van der Waals surface area contributed by atoms with Crippen molar-refractivity contribution < 1.29 is 14.3 Å². The van der Waals surface area contributed by atoms with Crippen molar-refractivity contribution in [2.45, 2.75) is 39.8 Å². The first-order chi connectivity index (χ1) is 8.76. The number of ether oxygens (including phenoxy) is 1. The molecule has 0 saturated carbocycles. The van der Waals surface area contributed by atoms with E-state index >= 15 is 0 Å². The molecule has 0 atom stereocenters. The summed E-state index contributed by atoms with van der Waals surface area (Å²) < 4.78 is 5.24. The van der Waals surface area contributed by atoms with Crippen LogP contribution in [0.1, 0.15) is 42.3 Å². The van der Waals surface area contributed by atoms with Crippen molar-refractivity contribution >= 4 is 11.9 Å². The quantitative estimate of drug-likeness (QED) is 0.767. The van der Waals surface area contributed by atoms with Crippen LogP contribution in [0, 0.1) is 6.92 Å². The Morgan fingerprint density at radius 2 is 2.05 bits per heavy atom. The highest BCUT2D eigenvalue weighted by Crippen LogP contribution is 2.23. The van der Waals surface area contributed by atoms with E-state index in [9.17, 15) is 9.59 Å². The second-order valence-electron chi connectivity index (χ2n) is 5.91. The van der Waals surface area contributed by atoms with Gasteiger partial charge in [0, 0.05) is 12.1 Å². The average Bonchev–Trinajstić information content (AvgIpc) is 2.54. The highest BCUT2D eigenvalue weighted by atomic mass is 16.6. The number of rotatable bonds is 2. The summed E-state index contributed by atoms with van der Waals surface area (Å²) in [5.74, 6) is -0.463. The number of esters is 1. The molecule has 0 bridgehead atoms. The Hall–Kier alpha value is -1.84. The van der Waals surface area contributed by atoms with E-state index in [-0.39, 0.29) is 18.4 Å². The third-order valence-electron chi connectivity index (χ3n) is 2.88. The minimum absolute atomic E-state index is 0.00380. The Kier molecular flexibility index (Phi) is 3.35. The van der Waals surface area contributed by atoms with Gasteiger partial charge >= 0.3 is 5.97 Å². The lowest BCUT2D eigenvalue weighted by molar-refractivity contribution is -0.155. The fourth-order valence-corrected chi connectivity index (χ4v) is 2.13. The van der Waals surface area contributed by atoms with Crippen molar-refractivity contribution in [2.24, 2.45) is 0 Å². The fourth-order valence-electron chi connectivity index (χ4n) is 2.13. The molecule has 1 aromatic rings. The van der Waals surface area contributed by atoms with Gasteiger partial charge < -0.3 is 9.64 Å². The molecular weight excluding hydrogens is 242 g/mol. The maximum absolute atomic E-state index is 12.2.